The molecule has 0 radical (unpaired) electrons. The Morgan fingerprint density at radius 2 is 2.00 bits per heavy atom. The van der Waals surface area contributed by atoms with Gasteiger partial charge in [0.15, 0.2) is 0 Å². The Labute approximate surface area is 130 Å². The van der Waals surface area contributed by atoms with E-state index >= 15 is 0 Å². The Bertz CT molecular complexity index is 286. The minimum atomic E-state index is 0. The van der Waals surface area contributed by atoms with Gasteiger partial charge in [-0.05, 0) is 31.7 Å². The predicted octanol–water partition coefficient (Wildman–Crippen LogP) is 3.23. The summed E-state index contributed by atoms with van der Waals surface area (Å²) in [6.07, 6.45) is 9.89. The number of amides is 1. The number of hydrogen-bond donors (Lipinski definition) is 1. The van der Waals surface area contributed by atoms with Crippen LogP contribution in [0.2, 0.25) is 0 Å². The molecular formula is C16H31ClN2O. The second-order valence-electron chi connectivity index (χ2n) is 6.47. The number of rotatable bonds is 6. The van der Waals surface area contributed by atoms with Crippen molar-refractivity contribution < 1.29 is 4.79 Å². The van der Waals surface area contributed by atoms with Crippen molar-refractivity contribution in [3.8, 4) is 0 Å². The van der Waals surface area contributed by atoms with E-state index < -0.39 is 0 Å². The summed E-state index contributed by atoms with van der Waals surface area (Å²) in [7, 11) is 2.01. The molecule has 0 bridgehead atoms. The number of halogens is 1. The maximum absolute atomic E-state index is 12.7. The Balaban J connectivity index is 0.00000200. The zero-order chi connectivity index (χ0) is 13.7. The zero-order valence-corrected chi connectivity index (χ0v) is 13.9. The van der Waals surface area contributed by atoms with Crippen LogP contribution in [0.25, 0.3) is 0 Å². The lowest BCUT2D eigenvalue weighted by atomic mass is 9.89. The molecule has 20 heavy (non-hydrogen) atoms. The highest BCUT2D eigenvalue weighted by Crippen LogP contribution is 2.32. The number of carbonyl (C=O) groups excluding carboxylic acids is 1. The Hall–Kier alpha value is -0.280. The standard InChI is InChI=1S/C16H30N2O.ClH/c1-3-6-14(11-13-7-4-5-8-13)16(19)18(2)15-9-10-17-12-15;/h13-15,17H,3-12H2,1-2H3;1H. The van der Waals surface area contributed by atoms with E-state index in [1.54, 1.807) is 0 Å². The molecule has 1 amide bonds. The SMILES string of the molecule is CCCC(CC1CCCC1)C(=O)N(C)C1CCNC1.Cl. The van der Waals surface area contributed by atoms with Gasteiger partial charge in [0, 0.05) is 25.6 Å². The van der Waals surface area contributed by atoms with Crippen molar-refractivity contribution in [2.24, 2.45) is 11.8 Å². The normalized spacial score (nSPS) is 24.4. The fraction of sp³-hybridized carbons (Fsp3) is 0.938. The molecule has 2 atom stereocenters. The first-order valence-electron chi connectivity index (χ1n) is 8.19. The van der Waals surface area contributed by atoms with E-state index in [-0.39, 0.29) is 18.3 Å². The van der Waals surface area contributed by atoms with Gasteiger partial charge in [0.1, 0.15) is 0 Å². The summed E-state index contributed by atoms with van der Waals surface area (Å²) in [4.78, 5) is 14.7. The van der Waals surface area contributed by atoms with Crippen LogP contribution in [0.15, 0.2) is 0 Å². The van der Waals surface area contributed by atoms with Crippen molar-refractivity contribution in [3.63, 3.8) is 0 Å². The molecule has 4 heteroatoms. The Morgan fingerprint density at radius 3 is 2.55 bits per heavy atom. The molecule has 118 valence electrons. The average molecular weight is 303 g/mol. The van der Waals surface area contributed by atoms with Gasteiger partial charge in [0.25, 0.3) is 0 Å². The maximum atomic E-state index is 12.7. The van der Waals surface area contributed by atoms with Gasteiger partial charge in [-0.2, -0.15) is 0 Å². The summed E-state index contributed by atoms with van der Waals surface area (Å²) in [5, 5.41) is 3.36. The van der Waals surface area contributed by atoms with Gasteiger partial charge in [-0.1, -0.05) is 39.0 Å². The van der Waals surface area contributed by atoms with Crippen molar-refractivity contribution in [1.29, 1.82) is 0 Å². The highest BCUT2D eigenvalue weighted by molar-refractivity contribution is 5.85. The summed E-state index contributed by atoms with van der Waals surface area (Å²) in [6, 6.07) is 0.426. The van der Waals surface area contributed by atoms with E-state index in [2.05, 4.69) is 12.2 Å². The second kappa shape index (κ2) is 8.89. The summed E-state index contributed by atoms with van der Waals surface area (Å²) >= 11 is 0. The number of likely N-dealkylation sites (N-methyl/N-ethyl adjacent to an activating group) is 1. The fourth-order valence-electron chi connectivity index (χ4n) is 3.78. The quantitative estimate of drug-likeness (QED) is 0.817. The highest BCUT2D eigenvalue weighted by Gasteiger charge is 2.30. The molecule has 1 aliphatic heterocycles. The van der Waals surface area contributed by atoms with E-state index in [9.17, 15) is 4.79 Å². The van der Waals surface area contributed by atoms with Crippen LogP contribution in [0.4, 0.5) is 0 Å². The molecule has 2 fully saturated rings. The van der Waals surface area contributed by atoms with Crippen molar-refractivity contribution >= 4 is 18.3 Å². The van der Waals surface area contributed by atoms with E-state index in [0.717, 1.165) is 44.7 Å². The minimum absolute atomic E-state index is 0. The summed E-state index contributed by atoms with van der Waals surface area (Å²) in [5.41, 5.74) is 0. The van der Waals surface area contributed by atoms with Crippen LogP contribution in [0.1, 0.15) is 58.3 Å². The van der Waals surface area contributed by atoms with Gasteiger partial charge in [-0.15, -0.1) is 12.4 Å². The van der Waals surface area contributed by atoms with E-state index in [0.29, 0.717) is 11.9 Å². The lowest BCUT2D eigenvalue weighted by Crippen LogP contribution is -2.42. The molecule has 2 rings (SSSR count). The monoisotopic (exact) mass is 302 g/mol. The molecule has 0 aromatic carbocycles. The first kappa shape index (κ1) is 17.8. The van der Waals surface area contributed by atoms with Gasteiger partial charge in [-0.25, -0.2) is 0 Å². The highest BCUT2D eigenvalue weighted by atomic mass is 35.5. The van der Waals surface area contributed by atoms with E-state index in [1.807, 2.05) is 11.9 Å². The van der Waals surface area contributed by atoms with Crippen LogP contribution in [0.3, 0.4) is 0 Å². The molecule has 1 aliphatic carbocycles. The molecule has 0 spiro atoms. The smallest absolute Gasteiger partial charge is 0.225 e. The van der Waals surface area contributed by atoms with Crippen LogP contribution >= 0.6 is 12.4 Å². The summed E-state index contributed by atoms with van der Waals surface area (Å²) in [6.45, 7) is 4.24. The van der Waals surface area contributed by atoms with Gasteiger partial charge < -0.3 is 10.2 Å². The Morgan fingerprint density at radius 1 is 1.30 bits per heavy atom. The van der Waals surface area contributed by atoms with Gasteiger partial charge in [0.2, 0.25) is 5.91 Å². The third kappa shape index (κ3) is 4.63. The molecule has 0 aromatic rings. The molecule has 1 heterocycles. The van der Waals surface area contributed by atoms with E-state index in [1.165, 1.54) is 25.7 Å². The molecule has 3 nitrogen and oxygen atoms in total. The minimum Gasteiger partial charge on any atom is -0.341 e. The molecule has 2 unspecified atom stereocenters. The number of nitrogens with zero attached hydrogens (tertiary/aromatic N) is 1. The zero-order valence-electron chi connectivity index (χ0n) is 13.1. The molecule has 0 aromatic heterocycles. The van der Waals surface area contributed by atoms with Crippen LogP contribution in [0.5, 0.6) is 0 Å². The molecule has 2 aliphatic rings. The summed E-state index contributed by atoms with van der Waals surface area (Å²) < 4.78 is 0. The maximum Gasteiger partial charge on any atom is 0.225 e. The number of carbonyl (C=O) groups is 1. The van der Waals surface area contributed by atoms with Crippen LogP contribution in [-0.2, 0) is 4.79 Å². The second-order valence-corrected chi connectivity index (χ2v) is 6.47. The van der Waals surface area contributed by atoms with Crippen molar-refractivity contribution in [2.45, 2.75) is 64.3 Å². The summed E-state index contributed by atoms with van der Waals surface area (Å²) in [5.74, 6) is 1.50. The van der Waals surface area contributed by atoms with Crippen LogP contribution < -0.4 is 5.32 Å². The average Bonchev–Trinajstić information content (AvgIpc) is 3.09. The lowest BCUT2D eigenvalue weighted by molar-refractivity contribution is -0.136. The first-order valence-corrected chi connectivity index (χ1v) is 8.19. The molecule has 1 saturated heterocycles. The fourth-order valence-corrected chi connectivity index (χ4v) is 3.78. The Kier molecular flexibility index (Phi) is 7.90. The van der Waals surface area contributed by atoms with E-state index in [4.69, 9.17) is 0 Å². The molecule has 1 saturated carbocycles. The number of hydrogen-bond acceptors (Lipinski definition) is 2. The molecule has 1 N–H and O–H groups in total. The van der Waals surface area contributed by atoms with Gasteiger partial charge >= 0.3 is 0 Å². The topological polar surface area (TPSA) is 32.3 Å². The number of nitrogens with one attached hydrogen (secondary N) is 1. The van der Waals surface area contributed by atoms with Crippen LogP contribution in [0, 0.1) is 11.8 Å². The van der Waals surface area contributed by atoms with Crippen molar-refractivity contribution in [1.82, 2.24) is 10.2 Å². The lowest BCUT2D eigenvalue weighted by Gasteiger charge is -2.29. The third-order valence-corrected chi connectivity index (χ3v) is 5.01. The van der Waals surface area contributed by atoms with Crippen molar-refractivity contribution in [3.05, 3.63) is 0 Å². The van der Waals surface area contributed by atoms with Gasteiger partial charge in [0.05, 0.1) is 0 Å². The molecular weight excluding hydrogens is 272 g/mol. The first-order chi connectivity index (χ1) is 9.22. The largest absolute Gasteiger partial charge is 0.341 e. The van der Waals surface area contributed by atoms with Crippen LogP contribution in [-0.4, -0.2) is 37.0 Å². The van der Waals surface area contributed by atoms with Crippen molar-refractivity contribution in [2.75, 3.05) is 20.1 Å². The third-order valence-electron chi connectivity index (χ3n) is 5.01. The predicted molar refractivity (Wildman–Crippen MR) is 86.3 cm³/mol. The van der Waals surface area contributed by atoms with Gasteiger partial charge in [-0.3, -0.25) is 4.79 Å².